The van der Waals surface area contributed by atoms with E-state index in [0.717, 1.165) is 12.1 Å². The van der Waals surface area contributed by atoms with Gasteiger partial charge in [-0.1, -0.05) is 11.6 Å². The molecule has 22 heavy (non-hydrogen) atoms. The number of hydrogen-bond donors (Lipinski definition) is 2. The molecule has 1 saturated heterocycles. The molecule has 2 N–H and O–H groups in total. The molecule has 0 radical (unpaired) electrons. The molecule has 6 nitrogen and oxygen atoms in total. The average molecular weight is 328 g/mol. The summed E-state index contributed by atoms with van der Waals surface area (Å²) >= 11 is 5.62. The molecule has 1 amide bonds. The van der Waals surface area contributed by atoms with E-state index in [0.29, 0.717) is 0 Å². The minimum absolute atomic E-state index is 0.0125. The van der Waals surface area contributed by atoms with Crippen molar-refractivity contribution in [2.24, 2.45) is 10.8 Å². The van der Waals surface area contributed by atoms with E-state index < -0.39 is 34.5 Å². The molecule has 2 fully saturated rings. The van der Waals surface area contributed by atoms with Crippen molar-refractivity contribution in [3.05, 3.63) is 34.6 Å². The van der Waals surface area contributed by atoms with Gasteiger partial charge in [-0.25, -0.2) is 4.39 Å². The SMILES string of the molecule is O=C(c1ccc(F)c(Cl)c1)N1C[C@@]2(C(=O)O)C[C@@]2(C(=O)O)C1. The van der Waals surface area contributed by atoms with Gasteiger partial charge in [0.25, 0.3) is 5.91 Å². The summed E-state index contributed by atoms with van der Waals surface area (Å²) in [5.41, 5.74) is -2.77. The van der Waals surface area contributed by atoms with E-state index in [1.807, 2.05) is 0 Å². The average Bonchev–Trinajstić information content (AvgIpc) is 3.00. The van der Waals surface area contributed by atoms with E-state index in [2.05, 4.69) is 0 Å². The third-order valence-corrected chi connectivity index (χ3v) is 4.88. The molecule has 8 heteroatoms. The number of carboxylic acids is 2. The maximum Gasteiger partial charge on any atom is 0.312 e. The Kier molecular flexibility index (Phi) is 2.97. The van der Waals surface area contributed by atoms with Gasteiger partial charge in [-0.2, -0.15) is 0 Å². The predicted molar refractivity (Wildman–Crippen MR) is 72.1 cm³/mol. The van der Waals surface area contributed by atoms with E-state index in [1.165, 1.54) is 11.0 Å². The molecule has 3 rings (SSSR count). The summed E-state index contributed by atoms with van der Waals surface area (Å²) in [7, 11) is 0. The number of carbonyl (C=O) groups is 3. The zero-order valence-electron chi connectivity index (χ0n) is 11.2. The number of amides is 1. The third kappa shape index (κ3) is 1.75. The van der Waals surface area contributed by atoms with Crippen LogP contribution in [0.4, 0.5) is 4.39 Å². The van der Waals surface area contributed by atoms with Crippen LogP contribution in [0.5, 0.6) is 0 Å². The first kappa shape index (κ1) is 14.8. The number of nitrogens with zero attached hydrogens (tertiary/aromatic N) is 1. The third-order valence-electron chi connectivity index (χ3n) is 4.59. The fourth-order valence-electron chi connectivity index (χ4n) is 3.24. The molecule has 2 atom stereocenters. The van der Waals surface area contributed by atoms with Crippen LogP contribution in [0.3, 0.4) is 0 Å². The van der Waals surface area contributed by atoms with Crippen LogP contribution in [0.2, 0.25) is 5.02 Å². The van der Waals surface area contributed by atoms with Gasteiger partial charge >= 0.3 is 11.9 Å². The summed E-state index contributed by atoms with van der Waals surface area (Å²) in [6, 6.07) is 3.41. The zero-order valence-corrected chi connectivity index (χ0v) is 11.9. The van der Waals surface area contributed by atoms with Gasteiger partial charge in [-0.15, -0.1) is 0 Å². The largest absolute Gasteiger partial charge is 0.481 e. The van der Waals surface area contributed by atoms with Crippen LogP contribution in [-0.2, 0) is 9.59 Å². The van der Waals surface area contributed by atoms with Crippen molar-refractivity contribution in [3.63, 3.8) is 0 Å². The Labute approximate surface area is 129 Å². The number of likely N-dealkylation sites (tertiary alicyclic amines) is 1. The predicted octanol–water partition coefficient (Wildman–Crippen LogP) is 1.48. The second-order valence-corrected chi connectivity index (χ2v) is 6.15. The second kappa shape index (κ2) is 4.42. The maximum absolute atomic E-state index is 13.1. The number of benzene rings is 1. The van der Waals surface area contributed by atoms with Gasteiger partial charge in [0.15, 0.2) is 0 Å². The van der Waals surface area contributed by atoms with E-state index in [-0.39, 0.29) is 30.1 Å². The van der Waals surface area contributed by atoms with Crippen LogP contribution in [-0.4, -0.2) is 46.0 Å². The van der Waals surface area contributed by atoms with E-state index in [4.69, 9.17) is 11.6 Å². The highest BCUT2D eigenvalue weighted by Crippen LogP contribution is 2.68. The summed E-state index contributed by atoms with van der Waals surface area (Å²) in [5.74, 6) is -3.67. The number of carboxylic acid groups (broad SMARTS) is 2. The lowest BCUT2D eigenvalue weighted by Gasteiger charge is -2.20. The Hall–Kier alpha value is -2.15. The first-order valence-electron chi connectivity index (χ1n) is 6.45. The number of fused-ring (bicyclic) bond motifs is 1. The number of piperidine rings is 1. The van der Waals surface area contributed by atoms with Crippen LogP contribution in [0, 0.1) is 16.6 Å². The number of rotatable bonds is 3. The highest BCUT2D eigenvalue weighted by Gasteiger charge is 2.81. The van der Waals surface area contributed by atoms with Gasteiger partial charge in [-0.3, -0.25) is 14.4 Å². The summed E-state index contributed by atoms with van der Waals surface area (Å²) in [6.07, 6.45) is 0.0125. The molecular formula is C14H11ClFNO5. The molecule has 0 unspecified atom stereocenters. The summed E-state index contributed by atoms with van der Waals surface area (Å²) in [4.78, 5) is 36.4. The number of hydrogen-bond acceptors (Lipinski definition) is 3. The van der Waals surface area contributed by atoms with Gasteiger partial charge in [0.05, 0.1) is 5.02 Å². The van der Waals surface area contributed by atoms with Crippen molar-refractivity contribution in [3.8, 4) is 0 Å². The fraction of sp³-hybridized carbons (Fsp3) is 0.357. The quantitative estimate of drug-likeness (QED) is 0.877. The Morgan fingerprint density at radius 1 is 1.14 bits per heavy atom. The topological polar surface area (TPSA) is 94.9 Å². The van der Waals surface area contributed by atoms with Gasteiger partial charge in [-0.05, 0) is 24.6 Å². The zero-order chi connectivity index (χ0) is 16.3. The van der Waals surface area contributed by atoms with Crippen molar-refractivity contribution < 1.29 is 29.0 Å². The van der Waals surface area contributed by atoms with E-state index in [9.17, 15) is 29.0 Å². The normalized spacial score (nSPS) is 29.1. The Balaban J connectivity index is 1.89. The smallest absolute Gasteiger partial charge is 0.312 e. The molecule has 0 bridgehead atoms. The molecule has 2 aliphatic rings. The number of carbonyl (C=O) groups excluding carboxylic acids is 1. The van der Waals surface area contributed by atoms with Crippen LogP contribution >= 0.6 is 11.6 Å². The van der Waals surface area contributed by atoms with Gasteiger partial charge in [0, 0.05) is 18.7 Å². The minimum atomic E-state index is -1.43. The van der Waals surface area contributed by atoms with Crippen molar-refractivity contribution in [1.82, 2.24) is 4.90 Å². The maximum atomic E-state index is 13.1. The highest BCUT2D eigenvalue weighted by atomic mass is 35.5. The molecule has 1 saturated carbocycles. The van der Waals surface area contributed by atoms with Crippen molar-refractivity contribution in [2.75, 3.05) is 13.1 Å². The monoisotopic (exact) mass is 327 g/mol. The standard InChI is InChI=1S/C14H11ClFNO5/c15-8-3-7(1-2-9(8)16)10(18)17-5-13(11(19)20)4-14(13,6-17)12(21)22/h1-3H,4-6H2,(H,19,20)(H,21,22)/t13-,14+. The fourth-order valence-corrected chi connectivity index (χ4v) is 3.42. The lowest BCUT2D eigenvalue weighted by Crippen LogP contribution is -2.34. The molecule has 116 valence electrons. The summed E-state index contributed by atoms with van der Waals surface area (Å²) < 4.78 is 13.1. The lowest BCUT2D eigenvalue weighted by molar-refractivity contribution is -0.151. The molecule has 0 spiro atoms. The van der Waals surface area contributed by atoms with Crippen molar-refractivity contribution in [2.45, 2.75) is 6.42 Å². The number of aliphatic carboxylic acids is 2. The Bertz CT molecular complexity index is 695. The molecular weight excluding hydrogens is 317 g/mol. The van der Waals surface area contributed by atoms with Crippen LogP contribution in [0.1, 0.15) is 16.8 Å². The first-order chi connectivity index (χ1) is 10.2. The molecule has 1 aliphatic carbocycles. The van der Waals surface area contributed by atoms with Gasteiger partial charge in [0.2, 0.25) is 0 Å². The number of halogens is 2. The second-order valence-electron chi connectivity index (χ2n) is 5.74. The van der Waals surface area contributed by atoms with Gasteiger partial charge < -0.3 is 15.1 Å². The van der Waals surface area contributed by atoms with E-state index in [1.54, 1.807) is 0 Å². The van der Waals surface area contributed by atoms with Gasteiger partial charge in [0.1, 0.15) is 16.6 Å². The van der Waals surface area contributed by atoms with Crippen LogP contribution < -0.4 is 0 Å². The van der Waals surface area contributed by atoms with Crippen LogP contribution in [0.25, 0.3) is 0 Å². The molecule has 1 heterocycles. The Morgan fingerprint density at radius 3 is 2.14 bits per heavy atom. The summed E-state index contributed by atoms with van der Waals surface area (Å²) in [5, 5.41) is 18.4. The van der Waals surface area contributed by atoms with Crippen molar-refractivity contribution >= 4 is 29.4 Å². The van der Waals surface area contributed by atoms with Crippen LogP contribution in [0.15, 0.2) is 18.2 Å². The Morgan fingerprint density at radius 2 is 1.68 bits per heavy atom. The highest BCUT2D eigenvalue weighted by molar-refractivity contribution is 6.31. The molecule has 1 aliphatic heterocycles. The van der Waals surface area contributed by atoms with Crippen molar-refractivity contribution in [1.29, 1.82) is 0 Å². The molecule has 1 aromatic carbocycles. The minimum Gasteiger partial charge on any atom is -0.481 e. The summed E-state index contributed by atoms with van der Waals surface area (Å²) in [6.45, 7) is -0.356. The first-order valence-corrected chi connectivity index (χ1v) is 6.82. The molecule has 1 aromatic rings. The van der Waals surface area contributed by atoms with E-state index >= 15 is 0 Å². The lowest BCUT2D eigenvalue weighted by atomic mass is 9.97. The molecule has 0 aromatic heterocycles.